The lowest BCUT2D eigenvalue weighted by molar-refractivity contribution is 0.737. The molecule has 2 N–H and O–H groups in total. The maximum absolute atomic E-state index is 6.28. The minimum Gasteiger partial charge on any atom is -0.329 e. The lowest BCUT2D eigenvalue weighted by atomic mass is 10.1. The summed E-state index contributed by atoms with van der Waals surface area (Å²) < 4.78 is 1.97. The molecule has 0 amide bonds. The standard InChI is InChI=1S/C13H16ClN3S/c1-9(15)7-10-3-4-12(11(14)8-10)18-13-16-5-6-17(13)2/h3-6,8-9H,7,15H2,1-2H3. The number of hydrogen-bond donors (Lipinski definition) is 1. The van der Waals surface area contributed by atoms with Crippen LogP contribution in [0.15, 0.2) is 40.6 Å². The van der Waals surface area contributed by atoms with Crippen molar-refractivity contribution < 1.29 is 0 Å². The van der Waals surface area contributed by atoms with E-state index in [1.165, 1.54) is 5.56 Å². The van der Waals surface area contributed by atoms with Crippen molar-refractivity contribution in [2.75, 3.05) is 0 Å². The van der Waals surface area contributed by atoms with Crippen molar-refractivity contribution >= 4 is 23.4 Å². The number of benzene rings is 1. The Bertz CT molecular complexity index is 537. The Labute approximate surface area is 116 Å². The summed E-state index contributed by atoms with van der Waals surface area (Å²) in [5, 5.41) is 1.68. The Hall–Kier alpha value is -0.970. The molecule has 0 fully saturated rings. The van der Waals surface area contributed by atoms with Crippen molar-refractivity contribution in [3.05, 3.63) is 41.2 Å². The van der Waals surface area contributed by atoms with Gasteiger partial charge in [0.2, 0.25) is 0 Å². The first-order chi connectivity index (χ1) is 8.56. The van der Waals surface area contributed by atoms with Gasteiger partial charge in [0.1, 0.15) is 0 Å². The molecule has 2 aromatic rings. The first-order valence-corrected chi connectivity index (χ1v) is 6.95. The van der Waals surface area contributed by atoms with Crippen LogP contribution in [-0.4, -0.2) is 15.6 Å². The molecule has 1 aromatic heterocycles. The van der Waals surface area contributed by atoms with Gasteiger partial charge in [-0.1, -0.05) is 29.4 Å². The highest BCUT2D eigenvalue weighted by atomic mass is 35.5. The zero-order chi connectivity index (χ0) is 13.1. The molecule has 0 aliphatic rings. The molecule has 1 atom stereocenters. The van der Waals surface area contributed by atoms with E-state index in [0.29, 0.717) is 0 Å². The molecule has 3 nitrogen and oxygen atoms in total. The number of rotatable bonds is 4. The number of nitrogens with zero attached hydrogens (tertiary/aromatic N) is 2. The van der Waals surface area contributed by atoms with E-state index in [4.69, 9.17) is 17.3 Å². The maximum atomic E-state index is 6.28. The number of halogens is 1. The minimum atomic E-state index is 0.147. The summed E-state index contributed by atoms with van der Waals surface area (Å²) in [7, 11) is 1.97. The largest absolute Gasteiger partial charge is 0.329 e. The Kier molecular flexibility index (Phi) is 4.32. The van der Waals surface area contributed by atoms with Crippen molar-refractivity contribution in [1.82, 2.24) is 9.55 Å². The molecule has 0 bridgehead atoms. The van der Waals surface area contributed by atoms with E-state index < -0.39 is 0 Å². The van der Waals surface area contributed by atoms with Gasteiger partial charge in [-0.15, -0.1) is 0 Å². The van der Waals surface area contributed by atoms with Gasteiger partial charge in [0, 0.05) is 30.4 Å². The second kappa shape index (κ2) is 5.78. The average molecular weight is 282 g/mol. The first-order valence-electron chi connectivity index (χ1n) is 5.75. The second-order valence-corrected chi connectivity index (χ2v) is 5.79. The van der Waals surface area contributed by atoms with Gasteiger partial charge in [-0.3, -0.25) is 0 Å². The summed E-state index contributed by atoms with van der Waals surface area (Å²) in [6.07, 6.45) is 4.54. The third kappa shape index (κ3) is 3.28. The maximum Gasteiger partial charge on any atom is 0.172 e. The lowest BCUT2D eigenvalue weighted by Crippen LogP contribution is -2.17. The van der Waals surface area contributed by atoms with Crippen LogP contribution in [-0.2, 0) is 13.5 Å². The van der Waals surface area contributed by atoms with Crippen molar-refractivity contribution in [2.24, 2.45) is 12.8 Å². The topological polar surface area (TPSA) is 43.8 Å². The predicted octanol–water partition coefficient (Wildman–Crippen LogP) is 3.11. The molecule has 0 saturated heterocycles. The highest BCUT2D eigenvalue weighted by Gasteiger charge is 2.08. The van der Waals surface area contributed by atoms with Crippen molar-refractivity contribution in [1.29, 1.82) is 0 Å². The van der Waals surface area contributed by atoms with Crippen LogP contribution in [0.2, 0.25) is 5.02 Å². The summed E-state index contributed by atoms with van der Waals surface area (Å²) in [6, 6.07) is 6.23. The molecule has 0 radical (unpaired) electrons. The predicted molar refractivity (Wildman–Crippen MR) is 76.1 cm³/mol. The average Bonchev–Trinajstić information content (AvgIpc) is 2.67. The molecule has 1 unspecified atom stereocenters. The first kappa shape index (κ1) is 13.5. The van der Waals surface area contributed by atoms with E-state index in [-0.39, 0.29) is 6.04 Å². The molecule has 2 rings (SSSR count). The van der Waals surface area contributed by atoms with E-state index in [0.717, 1.165) is 21.5 Å². The van der Waals surface area contributed by atoms with Crippen LogP contribution in [0.3, 0.4) is 0 Å². The highest BCUT2D eigenvalue weighted by molar-refractivity contribution is 7.99. The van der Waals surface area contributed by atoms with Gasteiger partial charge in [-0.05, 0) is 31.0 Å². The van der Waals surface area contributed by atoms with Crippen LogP contribution in [0.1, 0.15) is 12.5 Å². The molecule has 1 aromatic carbocycles. The highest BCUT2D eigenvalue weighted by Crippen LogP contribution is 2.32. The van der Waals surface area contributed by atoms with Crippen LogP contribution < -0.4 is 5.73 Å². The Morgan fingerprint density at radius 3 is 2.83 bits per heavy atom. The van der Waals surface area contributed by atoms with Crippen LogP contribution in [0.5, 0.6) is 0 Å². The Morgan fingerprint density at radius 1 is 1.50 bits per heavy atom. The van der Waals surface area contributed by atoms with Gasteiger partial charge in [0.15, 0.2) is 5.16 Å². The van der Waals surface area contributed by atoms with Gasteiger partial charge in [-0.2, -0.15) is 0 Å². The molecule has 18 heavy (non-hydrogen) atoms. The molecule has 1 heterocycles. The fourth-order valence-corrected chi connectivity index (χ4v) is 2.80. The molecule has 0 spiro atoms. The third-order valence-corrected chi connectivity index (χ3v) is 4.11. The number of hydrogen-bond acceptors (Lipinski definition) is 3. The van der Waals surface area contributed by atoms with Crippen LogP contribution in [0.4, 0.5) is 0 Å². The molecule has 5 heteroatoms. The monoisotopic (exact) mass is 281 g/mol. The zero-order valence-electron chi connectivity index (χ0n) is 10.4. The van der Waals surface area contributed by atoms with Crippen LogP contribution in [0, 0.1) is 0 Å². The molecular formula is C13H16ClN3S. The summed E-state index contributed by atoms with van der Waals surface area (Å²) in [5.74, 6) is 0. The van der Waals surface area contributed by atoms with Crippen LogP contribution >= 0.6 is 23.4 Å². The second-order valence-electron chi connectivity index (χ2n) is 4.37. The summed E-state index contributed by atoms with van der Waals surface area (Å²) in [4.78, 5) is 5.28. The van der Waals surface area contributed by atoms with E-state index in [2.05, 4.69) is 11.1 Å². The Balaban J connectivity index is 2.17. The molecule has 0 aliphatic heterocycles. The minimum absolute atomic E-state index is 0.147. The number of aromatic nitrogens is 2. The molecule has 96 valence electrons. The van der Waals surface area contributed by atoms with Gasteiger partial charge in [0.05, 0.1) is 5.02 Å². The number of nitrogens with two attached hydrogens (primary N) is 1. The normalized spacial score (nSPS) is 12.7. The fourth-order valence-electron chi connectivity index (χ4n) is 1.67. The summed E-state index contributed by atoms with van der Waals surface area (Å²) in [6.45, 7) is 1.99. The van der Waals surface area contributed by atoms with Crippen molar-refractivity contribution in [3.8, 4) is 0 Å². The number of aryl methyl sites for hydroxylation is 1. The Morgan fingerprint density at radius 2 is 2.28 bits per heavy atom. The van der Waals surface area contributed by atoms with Crippen molar-refractivity contribution in [2.45, 2.75) is 29.4 Å². The SMILES string of the molecule is CC(N)Cc1ccc(Sc2nccn2C)c(Cl)c1. The zero-order valence-corrected chi connectivity index (χ0v) is 12.0. The van der Waals surface area contributed by atoms with Crippen LogP contribution in [0.25, 0.3) is 0 Å². The van der Waals surface area contributed by atoms with E-state index in [1.807, 2.05) is 36.9 Å². The van der Waals surface area contributed by atoms with Gasteiger partial charge in [-0.25, -0.2) is 4.98 Å². The fraction of sp³-hybridized carbons (Fsp3) is 0.308. The molecule has 0 saturated carbocycles. The summed E-state index contributed by atoms with van der Waals surface area (Å²) in [5.41, 5.74) is 6.95. The lowest BCUT2D eigenvalue weighted by Gasteiger charge is -2.08. The quantitative estimate of drug-likeness (QED) is 0.936. The van der Waals surface area contributed by atoms with Gasteiger partial charge < -0.3 is 10.3 Å². The summed E-state index contributed by atoms with van der Waals surface area (Å²) >= 11 is 7.85. The van der Waals surface area contributed by atoms with Gasteiger partial charge >= 0.3 is 0 Å². The van der Waals surface area contributed by atoms with E-state index in [9.17, 15) is 0 Å². The smallest absolute Gasteiger partial charge is 0.172 e. The number of imidazole rings is 1. The van der Waals surface area contributed by atoms with E-state index >= 15 is 0 Å². The van der Waals surface area contributed by atoms with Crippen molar-refractivity contribution in [3.63, 3.8) is 0 Å². The molecular weight excluding hydrogens is 266 g/mol. The molecule has 0 aliphatic carbocycles. The van der Waals surface area contributed by atoms with Gasteiger partial charge in [0.25, 0.3) is 0 Å². The third-order valence-electron chi connectivity index (χ3n) is 2.53. The van der Waals surface area contributed by atoms with E-state index in [1.54, 1.807) is 18.0 Å².